The molecule has 16 heavy (non-hydrogen) atoms. The highest BCUT2D eigenvalue weighted by Crippen LogP contribution is 2.17. The first-order chi connectivity index (χ1) is 7.72. The van der Waals surface area contributed by atoms with Crippen LogP contribution in [0, 0.1) is 0 Å². The summed E-state index contributed by atoms with van der Waals surface area (Å²) in [6.07, 6.45) is 0. The normalized spacial score (nSPS) is 10.1. The van der Waals surface area contributed by atoms with E-state index < -0.39 is 0 Å². The fourth-order valence-corrected chi connectivity index (χ4v) is 1.60. The molecule has 0 fully saturated rings. The second kappa shape index (κ2) is 4.41. The van der Waals surface area contributed by atoms with E-state index in [4.69, 9.17) is 16.3 Å². The highest BCUT2D eigenvalue weighted by Gasteiger charge is 2.05. The highest BCUT2D eigenvalue weighted by atomic mass is 35.5. The Labute approximate surface area is 97.9 Å². The van der Waals surface area contributed by atoms with Crippen LogP contribution >= 0.6 is 11.6 Å². The van der Waals surface area contributed by atoms with Crippen molar-refractivity contribution in [3.63, 3.8) is 0 Å². The van der Waals surface area contributed by atoms with Crippen LogP contribution in [0.1, 0.15) is 0 Å². The van der Waals surface area contributed by atoms with E-state index in [0.717, 1.165) is 5.69 Å². The quantitative estimate of drug-likeness (QED) is 0.801. The van der Waals surface area contributed by atoms with Gasteiger partial charge < -0.3 is 4.74 Å². The third kappa shape index (κ3) is 1.95. The van der Waals surface area contributed by atoms with Crippen LogP contribution in [0.15, 0.2) is 47.3 Å². The monoisotopic (exact) mass is 235 g/mol. The molecule has 0 spiro atoms. The Balaban J connectivity index is 2.63. The zero-order valence-electron chi connectivity index (χ0n) is 8.68. The molecule has 1 aromatic carbocycles. The Bertz CT molecular complexity index is 546. The van der Waals surface area contributed by atoms with Crippen molar-refractivity contribution in [2.24, 2.45) is 0 Å². The van der Waals surface area contributed by atoms with Crippen LogP contribution in [-0.2, 0) is 0 Å². The van der Waals surface area contributed by atoms with Gasteiger partial charge in [0.1, 0.15) is 0 Å². The Hall–Kier alpha value is -1.74. The summed E-state index contributed by atoms with van der Waals surface area (Å²) in [5.74, 6) is 0.495. The Morgan fingerprint density at radius 2 is 1.81 bits per heavy atom. The van der Waals surface area contributed by atoms with Crippen molar-refractivity contribution in [2.45, 2.75) is 0 Å². The number of halogens is 1. The largest absolute Gasteiger partial charge is 0.482 e. The van der Waals surface area contributed by atoms with Crippen LogP contribution < -0.4 is 10.3 Å². The Kier molecular flexibility index (Phi) is 2.97. The van der Waals surface area contributed by atoms with Crippen molar-refractivity contribution in [1.82, 2.24) is 4.57 Å². The molecule has 0 bridgehead atoms. The summed E-state index contributed by atoms with van der Waals surface area (Å²) in [5, 5.41) is 0.631. The van der Waals surface area contributed by atoms with Gasteiger partial charge in [0.25, 0.3) is 5.56 Å². The van der Waals surface area contributed by atoms with Crippen molar-refractivity contribution in [3.8, 4) is 11.6 Å². The number of aromatic nitrogens is 1. The molecule has 1 heterocycles. The summed E-state index contributed by atoms with van der Waals surface area (Å²) in [6, 6.07) is 11.9. The van der Waals surface area contributed by atoms with Gasteiger partial charge in [0, 0.05) is 11.1 Å². The summed E-state index contributed by atoms with van der Waals surface area (Å²) in [4.78, 5) is 11.7. The molecule has 0 saturated heterocycles. The number of ether oxygens (including phenoxy) is 1. The molecule has 82 valence electrons. The van der Waals surface area contributed by atoms with Gasteiger partial charge in [-0.3, -0.25) is 4.79 Å². The molecule has 2 aromatic rings. The van der Waals surface area contributed by atoms with Crippen molar-refractivity contribution in [2.75, 3.05) is 7.11 Å². The van der Waals surface area contributed by atoms with E-state index in [1.54, 1.807) is 36.4 Å². The summed E-state index contributed by atoms with van der Waals surface area (Å²) in [5.41, 5.74) is 0.591. The molecule has 2 rings (SSSR count). The number of nitrogens with zero attached hydrogens (tertiary/aromatic N) is 1. The van der Waals surface area contributed by atoms with Crippen molar-refractivity contribution in [1.29, 1.82) is 0 Å². The lowest BCUT2D eigenvalue weighted by atomic mass is 10.3. The summed E-state index contributed by atoms with van der Waals surface area (Å²) >= 11 is 5.79. The maximum Gasteiger partial charge on any atom is 0.257 e. The van der Waals surface area contributed by atoms with Gasteiger partial charge in [-0.25, -0.2) is 4.57 Å². The Morgan fingerprint density at radius 3 is 2.44 bits per heavy atom. The molecule has 0 atom stereocenters. The molecule has 0 radical (unpaired) electrons. The molecule has 0 amide bonds. The minimum absolute atomic E-state index is 0.137. The second-order valence-corrected chi connectivity index (χ2v) is 3.65. The first kappa shape index (κ1) is 10.8. The Morgan fingerprint density at radius 1 is 1.12 bits per heavy atom. The smallest absolute Gasteiger partial charge is 0.257 e. The molecule has 1 aromatic heterocycles. The van der Waals surface area contributed by atoms with Gasteiger partial charge in [0.15, 0.2) is 0 Å². The average molecular weight is 236 g/mol. The van der Waals surface area contributed by atoms with Gasteiger partial charge in [-0.05, 0) is 30.3 Å². The predicted molar refractivity (Wildman–Crippen MR) is 63.6 cm³/mol. The van der Waals surface area contributed by atoms with Crippen LogP contribution in [0.5, 0.6) is 5.88 Å². The van der Waals surface area contributed by atoms with E-state index in [1.165, 1.54) is 17.7 Å². The van der Waals surface area contributed by atoms with Crippen molar-refractivity contribution < 1.29 is 4.74 Å². The summed E-state index contributed by atoms with van der Waals surface area (Å²) in [6.45, 7) is 0. The minimum Gasteiger partial charge on any atom is -0.482 e. The molecule has 0 aliphatic carbocycles. The third-order valence-corrected chi connectivity index (χ3v) is 2.46. The van der Waals surface area contributed by atoms with E-state index in [1.807, 2.05) is 0 Å². The zero-order chi connectivity index (χ0) is 11.5. The van der Waals surface area contributed by atoms with E-state index in [-0.39, 0.29) is 5.56 Å². The van der Waals surface area contributed by atoms with Crippen molar-refractivity contribution in [3.05, 3.63) is 57.8 Å². The fraction of sp³-hybridized carbons (Fsp3) is 0.0833. The van der Waals surface area contributed by atoms with Crippen LogP contribution in [-0.4, -0.2) is 11.7 Å². The number of hydrogen-bond donors (Lipinski definition) is 0. The molecule has 0 N–H and O–H groups in total. The first-order valence-corrected chi connectivity index (χ1v) is 5.12. The summed E-state index contributed by atoms with van der Waals surface area (Å²) in [7, 11) is 1.53. The lowest BCUT2D eigenvalue weighted by molar-refractivity contribution is 0.384. The standard InChI is InChI=1S/C12H10ClNO2/c1-16-12-4-2-3-11(15)14(12)10-7-5-9(13)6-8-10/h2-8H,1H3. The highest BCUT2D eigenvalue weighted by molar-refractivity contribution is 6.30. The van der Waals surface area contributed by atoms with Crippen LogP contribution in [0.3, 0.4) is 0 Å². The fourth-order valence-electron chi connectivity index (χ4n) is 1.47. The van der Waals surface area contributed by atoms with Crippen molar-refractivity contribution >= 4 is 11.6 Å². The molecule has 0 aliphatic rings. The number of hydrogen-bond acceptors (Lipinski definition) is 2. The maximum absolute atomic E-state index is 11.7. The van der Waals surface area contributed by atoms with Gasteiger partial charge in [-0.2, -0.15) is 0 Å². The van der Waals surface area contributed by atoms with Crippen LogP contribution in [0.2, 0.25) is 5.02 Å². The SMILES string of the molecule is COc1cccc(=O)n1-c1ccc(Cl)cc1. The number of methoxy groups -OCH3 is 1. The van der Waals surface area contributed by atoms with Gasteiger partial charge in [-0.15, -0.1) is 0 Å². The average Bonchev–Trinajstić information content (AvgIpc) is 2.30. The topological polar surface area (TPSA) is 31.2 Å². The van der Waals surface area contributed by atoms with E-state index >= 15 is 0 Å². The minimum atomic E-state index is -0.137. The molecule has 0 aliphatic heterocycles. The molecule has 3 nitrogen and oxygen atoms in total. The van der Waals surface area contributed by atoms with Crippen LogP contribution in [0.25, 0.3) is 5.69 Å². The number of rotatable bonds is 2. The van der Waals surface area contributed by atoms with Gasteiger partial charge >= 0.3 is 0 Å². The summed E-state index contributed by atoms with van der Waals surface area (Å²) < 4.78 is 6.62. The number of benzene rings is 1. The van der Waals surface area contributed by atoms with E-state index in [9.17, 15) is 4.79 Å². The molecular formula is C12H10ClNO2. The lowest BCUT2D eigenvalue weighted by Crippen LogP contribution is -2.18. The lowest BCUT2D eigenvalue weighted by Gasteiger charge is -2.10. The maximum atomic E-state index is 11.7. The van der Waals surface area contributed by atoms with Gasteiger partial charge in [-0.1, -0.05) is 17.7 Å². The van der Waals surface area contributed by atoms with E-state index in [0.29, 0.717) is 10.9 Å². The number of pyridine rings is 1. The predicted octanol–water partition coefficient (Wildman–Crippen LogP) is 2.50. The third-order valence-electron chi connectivity index (χ3n) is 2.21. The molecule has 0 saturated carbocycles. The second-order valence-electron chi connectivity index (χ2n) is 3.22. The first-order valence-electron chi connectivity index (χ1n) is 4.74. The zero-order valence-corrected chi connectivity index (χ0v) is 9.44. The van der Waals surface area contributed by atoms with Crippen LogP contribution in [0.4, 0.5) is 0 Å². The van der Waals surface area contributed by atoms with Gasteiger partial charge in [0.2, 0.25) is 5.88 Å². The van der Waals surface area contributed by atoms with Gasteiger partial charge in [0.05, 0.1) is 12.8 Å². The molecule has 4 heteroatoms. The molecule has 0 unspecified atom stereocenters. The van der Waals surface area contributed by atoms with E-state index in [2.05, 4.69) is 0 Å². The molecular weight excluding hydrogens is 226 g/mol.